The highest BCUT2D eigenvalue weighted by atomic mass is 16.7. The number of methoxy groups -OCH3 is 2. The molecule has 0 saturated heterocycles. The first-order valence-electron chi connectivity index (χ1n) is 15.8. The molecular weight excluding hydrogens is 604 g/mol. The van der Waals surface area contributed by atoms with Crippen molar-refractivity contribution < 1.29 is 42.8 Å². The summed E-state index contributed by atoms with van der Waals surface area (Å²) in [5.74, 6) is -0.401. The van der Waals surface area contributed by atoms with Gasteiger partial charge < -0.3 is 33.7 Å². The Balaban J connectivity index is 1.43. The van der Waals surface area contributed by atoms with E-state index in [2.05, 4.69) is 28.5 Å². The van der Waals surface area contributed by atoms with Crippen LogP contribution in [0.3, 0.4) is 0 Å². The van der Waals surface area contributed by atoms with Crippen molar-refractivity contribution in [3.63, 3.8) is 0 Å². The highest BCUT2D eigenvalue weighted by molar-refractivity contribution is 5.98. The normalized spacial score (nSPS) is 14.3. The maximum absolute atomic E-state index is 13.2. The molecule has 3 aromatic rings. The summed E-state index contributed by atoms with van der Waals surface area (Å²) in [6, 6.07) is 16.8. The number of carbonyl (C=O) groups excluding carboxylic acids is 3. The average Bonchev–Trinajstić information content (AvgIpc) is 3.89. The Morgan fingerprint density at radius 3 is 2.38 bits per heavy atom. The Labute approximate surface area is 275 Å². The van der Waals surface area contributed by atoms with Crippen LogP contribution in [-0.2, 0) is 36.6 Å². The van der Waals surface area contributed by atoms with Crippen molar-refractivity contribution >= 4 is 17.8 Å². The lowest BCUT2D eigenvalue weighted by atomic mass is 9.93. The number of hydrogen-bond acceptors (Lipinski definition) is 10. The van der Waals surface area contributed by atoms with E-state index in [1.165, 1.54) is 51.6 Å². The number of esters is 2. The van der Waals surface area contributed by atoms with Gasteiger partial charge in [0.1, 0.15) is 17.9 Å². The van der Waals surface area contributed by atoms with Crippen molar-refractivity contribution in [3.05, 3.63) is 83.2 Å². The van der Waals surface area contributed by atoms with E-state index in [1.807, 2.05) is 37.3 Å². The van der Waals surface area contributed by atoms with E-state index in [9.17, 15) is 14.4 Å². The molecule has 1 amide bonds. The Bertz CT molecular complexity index is 1490. The first-order chi connectivity index (χ1) is 22.7. The highest BCUT2D eigenvalue weighted by Crippen LogP contribution is 2.31. The van der Waals surface area contributed by atoms with Crippen LogP contribution in [0.2, 0.25) is 0 Å². The van der Waals surface area contributed by atoms with Gasteiger partial charge in [0.25, 0.3) is 5.91 Å². The first kappa shape index (κ1) is 35.2. The van der Waals surface area contributed by atoms with Gasteiger partial charge in [0.15, 0.2) is 17.2 Å². The van der Waals surface area contributed by atoms with Gasteiger partial charge in [-0.15, -0.1) is 0 Å². The van der Waals surface area contributed by atoms with E-state index in [1.54, 1.807) is 7.11 Å². The van der Waals surface area contributed by atoms with E-state index in [4.69, 9.17) is 28.4 Å². The Morgan fingerprint density at radius 1 is 0.957 bits per heavy atom. The van der Waals surface area contributed by atoms with Crippen molar-refractivity contribution in [2.45, 2.75) is 58.6 Å². The standard InChI is InChI=1S/C36H44N2O9/c1-23(38-35(40)33-34(46-22-45-25(3)39)32(43-5)15-16-37-33)36(41)47-24(2)30(21-44-20-27-11-12-27)19-28-13-14-31(42-4)29(18-28)17-26-9-7-6-8-10-26/h6-10,13-16,18,23-24,27,30H,11-12,17,19-22H2,1-5H3,(H,38,40)/t23-,24-,30+/m0/s1. The molecule has 47 heavy (non-hydrogen) atoms. The quantitative estimate of drug-likeness (QED) is 0.150. The highest BCUT2D eigenvalue weighted by Gasteiger charge is 2.29. The molecule has 1 heterocycles. The third kappa shape index (κ3) is 10.7. The number of hydrogen-bond donors (Lipinski definition) is 1. The summed E-state index contributed by atoms with van der Waals surface area (Å²) in [6.45, 7) is 5.26. The van der Waals surface area contributed by atoms with Crippen molar-refractivity contribution in [2.75, 3.05) is 34.2 Å². The fraction of sp³-hybridized carbons (Fsp3) is 0.444. The van der Waals surface area contributed by atoms with E-state index < -0.39 is 36.8 Å². The number of pyridine rings is 1. The van der Waals surface area contributed by atoms with Crippen LogP contribution in [0.1, 0.15) is 60.8 Å². The second kappa shape index (κ2) is 17.3. The largest absolute Gasteiger partial charge is 0.496 e. The molecule has 0 spiro atoms. The summed E-state index contributed by atoms with van der Waals surface area (Å²) in [5, 5.41) is 2.63. The lowest BCUT2D eigenvalue weighted by Gasteiger charge is -2.26. The summed E-state index contributed by atoms with van der Waals surface area (Å²) < 4.78 is 33.2. The summed E-state index contributed by atoms with van der Waals surface area (Å²) in [4.78, 5) is 41.7. The lowest BCUT2D eigenvalue weighted by molar-refractivity contribution is -0.154. The minimum absolute atomic E-state index is 0.0262. The average molecular weight is 649 g/mol. The summed E-state index contributed by atoms with van der Waals surface area (Å²) >= 11 is 0. The molecule has 3 atom stereocenters. The fourth-order valence-electron chi connectivity index (χ4n) is 5.02. The Kier molecular flexibility index (Phi) is 13.0. The van der Waals surface area contributed by atoms with Crippen LogP contribution in [0, 0.1) is 11.8 Å². The van der Waals surface area contributed by atoms with Gasteiger partial charge in [-0.3, -0.25) is 9.59 Å². The van der Waals surface area contributed by atoms with E-state index >= 15 is 0 Å². The van der Waals surface area contributed by atoms with E-state index in [0.29, 0.717) is 25.6 Å². The van der Waals surface area contributed by atoms with Crippen LogP contribution in [0.25, 0.3) is 0 Å². The molecule has 0 aliphatic heterocycles. The van der Waals surface area contributed by atoms with Crippen LogP contribution in [-0.4, -0.2) is 69.2 Å². The second-order valence-corrected chi connectivity index (χ2v) is 11.7. The zero-order chi connectivity index (χ0) is 33.8. The number of rotatable bonds is 18. The molecule has 11 nitrogen and oxygen atoms in total. The molecule has 1 aliphatic rings. The minimum Gasteiger partial charge on any atom is -0.496 e. The third-order valence-electron chi connectivity index (χ3n) is 7.90. The van der Waals surface area contributed by atoms with Gasteiger partial charge in [-0.1, -0.05) is 42.5 Å². The molecule has 0 radical (unpaired) electrons. The molecule has 2 aromatic carbocycles. The molecule has 1 N–H and O–H groups in total. The second-order valence-electron chi connectivity index (χ2n) is 11.7. The number of amides is 1. The van der Waals surface area contributed by atoms with E-state index in [-0.39, 0.29) is 23.1 Å². The van der Waals surface area contributed by atoms with Gasteiger partial charge in [-0.2, -0.15) is 0 Å². The minimum atomic E-state index is -1.01. The van der Waals surface area contributed by atoms with Crippen LogP contribution in [0.5, 0.6) is 17.2 Å². The number of aromatic nitrogens is 1. The first-order valence-corrected chi connectivity index (χ1v) is 15.8. The lowest BCUT2D eigenvalue weighted by Crippen LogP contribution is -2.42. The van der Waals surface area contributed by atoms with Crippen molar-refractivity contribution in [1.29, 1.82) is 0 Å². The topological polar surface area (TPSA) is 132 Å². The summed E-state index contributed by atoms with van der Waals surface area (Å²) in [6.07, 6.45) is 4.54. The van der Waals surface area contributed by atoms with Gasteiger partial charge >= 0.3 is 11.9 Å². The van der Waals surface area contributed by atoms with Gasteiger partial charge in [0.05, 0.1) is 20.8 Å². The Hall–Kier alpha value is -4.64. The smallest absolute Gasteiger partial charge is 0.328 e. The van der Waals surface area contributed by atoms with E-state index in [0.717, 1.165) is 23.3 Å². The molecule has 1 aromatic heterocycles. The maximum Gasteiger partial charge on any atom is 0.328 e. The molecular formula is C36H44N2O9. The molecule has 0 bridgehead atoms. The van der Waals surface area contributed by atoms with Crippen LogP contribution in [0.4, 0.5) is 0 Å². The SMILES string of the molecule is COc1ccc(C[C@H](COCC2CC2)[C@H](C)OC(=O)[C@H](C)NC(=O)c2nccc(OC)c2OCOC(C)=O)cc1Cc1ccccc1. The summed E-state index contributed by atoms with van der Waals surface area (Å²) in [7, 11) is 3.07. The summed E-state index contributed by atoms with van der Waals surface area (Å²) in [5.41, 5.74) is 3.18. The molecule has 0 unspecified atom stereocenters. The van der Waals surface area contributed by atoms with Gasteiger partial charge in [-0.05, 0) is 61.8 Å². The Morgan fingerprint density at radius 2 is 1.70 bits per heavy atom. The van der Waals surface area contributed by atoms with Gasteiger partial charge in [0, 0.05) is 38.1 Å². The van der Waals surface area contributed by atoms with Gasteiger partial charge in [-0.25, -0.2) is 9.78 Å². The zero-order valence-corrected chi connectivity index (χ0v) is 27.7. The predicted octanol–water partition coefficient (Wildman–Crippen LogP) is 4.92. The number of nitrogens with zero attached hydrogens (tertiary/aromatic N) is 1. The van der Waals surface area contributed by atoms with Crippen molar-refractivity contribution in [1.82, 2.24) is 10.3 Å². The number of ether oxygens (including phenoxy) is 6. The number of benzene rings is 2. The number of nitrogens with one attached hydrogen (secondary N) is 1. The van der Waals surface area contributed by atoms with Crippen LogP contribution < -0.4 is 19.5 Å². The molecule has 252 valence electrons. The molecule has 1 aliphatic carbocycles. The predicted molar refractivity (Wildman–Crippen MR) is 174 cm³/mol. The molecule has 11 heteroatoms. The van der Waals surface area contributed by atoms with Crippen LogP contribution >= 0.6 is 0 Å². The van der Waals surface area contributed by atoms with Crippen molar-refractivity contribution in [2.24, 2.45) is 11.8 Å². The van der Waals surface area contributed by atoms with Gasteiger partial charge in [0.2, 0.25) is 6.79 Å². The monoisotopic (exact) mass is 648 g/mol. The van der Waals surface area contributed by atoms with Crippen LogP contribution in [0.15, 0.2) is 60.8 Å². The third-order valence-corrected chi connectivity index (χ3v) is 7.90. The number of carbonyl (C=O) groups is 3. The fourth-order valence-corrected chi connectivity index (χ4v) is 5.02. The molecule has 1 fully saturated rings. The molecule has 1 saturated carbocycles. The zero-order valence-electron chi connectivity index (χ0n) is 27.7. The maximum atomic E-state index is 13.2. The van der Waals surface area contributed by atoms with Crippen molar-refractivity contribution in [3.8, 4) is 17.2 Å². The molecule has 4 rings (SSSR count).